The van der Waals surface area contributed by atoms with E-state index in [0.29, 0.717) is 17.6 Å². The maximum atomic E-state index is 11.8. The van der Waals surface area contributed by atoms with Crippen LogP contribution in [0.2, 0.25) is 0 Å². The maximum absolute atomic E-state index is 11.8. The summed E-state index contributed by atoms with van der Waals surface area (Å²) >= 11 is 0. The van der Waals surface area contributed by atoms with Gasteiger partial charge in [-0.3, -0.25) is 14.9 Å². The molecule has 0 saturated carbocycles. The Morgan fingerprint density at radius 3 is 2.56 bits per heavy atom. The molecule has 1 aliphatic heterocycles. The number of nitrogens with zero attached hydrogens (tertiary/aromatic N) is 2. The first-order valence-electron chi connectivity index (χ1n) is 9.66. The van der Waals surface area contributed by atoms with Crippen molar-refractivity contribution in [1.82, 2.24) is 5.32 Å². The zero-order chi connectivity index (χ0) is 20.0. The average molecular weight is 377 g/mol. The van der Waals surface area contributed by atoms with Crippen molar-refractivity contribution in [2.45, 2.75) is 52.0 Å². The molecule has 150 valence electrons. The van der Waals surface area contributed by atoms with E-state index >= 15 is 0 Å². The van der Waals surface area contributed by atoms with Crippen molar-refractivity contribution < 1.29 is 14.5 Å². The van der Waals surface area contributed by atoms with Gasteiger partial charge in [0.15, 0.2) is 0 Å². The van der Waals surface area contributed by atoms with Crippen molar-refractivity contribution in [2.24, 2.45) is 5.92 Å². The number of rotatable bonds is 8. The molecule has 0 radical (unpaired) electrons. The van der Waals surface area contributed by atoms with E-state index in [1.807, 2.05) is 19.1 Å². The number of benzene rings is 1. The van der Waals surface area contributed by atoms with Gasteiger partial charge in [0.1, 0.15) is 5.69 Å². The summed E-state index contributed by atoms with van der Waals surface area (Å²) in [5.74, 6) is -0.0505. The number of nitrogens with one attached hydrogen (secondary N) is 1. The zero-order valence-corrected chi connectivity index (χ0v) is 16.7. The molecule has 1 unspecified atom stereocenters. The molecule has 0 aromatic heterocycles. The van der Waals surface area contributed by atoms with E-state index in [4.69, 9.17) is 4.74 Å². The summed E-state index contributed by atoms with van der Waals surface area (Å²) in [5, 5.41) is 15.2. The minimum Gasteiger partial charge on any atom is -0.469 e. The van der Waals surface area contributed by atoms with Crippen LogP contribution in [0.5, 0.6) is 0 Å². The van der Waals surface area contributed by atoms with Gasteiger partial charge in [-0.25, -0.2) is 0 Å². The molecule has 0 spiro atoms. The molecule has 0 bridgehead atoms. The van der Waals surface area contributed by atoms with Crippen LogP contribution in [0.4, 0.5) is 11.4 Å². The SMILES string of the molecule is COC(=O)CC(C)c1ccc(N(CC(C)C)C2CCNCC2)c([N+](=O)[O-])c1. The summed E-state index contributed by atoms with van der Waals surface area (Å²) in [6.45, 7) is 8.79. The Kier molecular flexibility index (Phi) is 7.59. The number of anilines is 1. The molecule has 27 heavy (non-hydrogen) atoms. The van der Waals surface area contributed by atoms with Gasteiger partial charge in [-0.1, -0.05) is 26.8 Å². The lowest BCUT2D eigenvalue weighted by Gasteiger charge is -2.37. The number of hydrogen-bond acceptors (Lipinski definition) is 6. The Bertz CT molecular complexity index is 657. The predicted octanol–water partition coefficient (Wildman–Crippen LogP) is 3.48. The quantitative estimate of drug-likeness (QED) is 0.424. The molecule has 2 rings (SSSR count). The molecule has 7 nitrogen and oxygen atoms in total. The number of esters is 1. The van der Waals surface area contributed by atoms with E-state index < -0.39 is 0 Å². The lowest BCUT2D eigenvalue weighted by Crippen LogP contribution is -2.45. The average Bonchev–Trinajstić information content (AvgIpc) is 2.66. The van der Waals surface area contributed by atoms with Gasteiger partial charge in [-0.2, -0.15) is 0 Å². The highest BCUT2D eigenvalue weighted by atomic mass is 16.6. The Labute approximate surface area is 161 Å². The van der Waals surface area contributed by atoms with Gasteiger partial charge in [-0.05, 0) is 49.4 Å². The second-order valence-electron chi connectivity index (χ2n) is 7.71. The highest BCUT2D eigenvalue weighted by molar-refractivity contribution is 5.71. The standard InChI is InChI=1S/C20H31N3O4/c1-14(2)13-22(17-7-9-21-10-8-17)18-6-5-16(12-19(18)23(25)26)15(3)11-20(24)27-4/h5-6,12,14-15,17,21H,7-11,13H2,1-4H3. The number of ether oxygens (including phenoxy) is 1. The third-order valence-corrected chi connectivity index (χ3v) is 5.09. The molecular formula is C20H31N3O4. The summed E-state index contributed by atoms with van der Waals surface area (Å²) in [4.78, 5) is 25.3. The fourth-order valence-corrected chi connectivity index (χ4v) is 3.64. The molecule has 1 aliphatic rings. The predicted molar refractivity (Wildman–Crippen MR) is 106 cm³/mol. The molecule has 1 saturated heterocycles. The first-order valence-corrected chi connectivity index (χ1v) is 9.66. The fraction of sp³-hybridized carbons (Fsp3) is 0.650. The third-order valence-electron chi connectivity index (χ3n) is 5.09. The second-order valence-corrected chi connectivity index (χ2v) is 7.71. The summed E-state index contributed by atoms with van der Waals surface area (Å²) in [5.41, 5.74) is 1.57. The lowest BCUT2D eigenvalue weighted by molar-refractivity contribution is -0.384. The van der Waals surface area contributed by atoms with Crippen LogP contribution in [-0.2, 0) is 9.53 Å². The van der Waals surface area contributed by atoms with Crippen LogP contribution >= 0.6 is 0 Å². The minimum absolute atomic E-state index is 0.114. The number of nitro groups is 1. The van der Waals surface area contributed by atoms with E-state index in [-0.39, 0.29) is 28.9 Å². The van der Waals surface area contributed by atoms with Crippen molar-refractivity contribution in [3.8, 4) is 0 Å². The van der Waals surface area contributed by atoms with Crippen molar-refractivity contribution in [3.63, 3.8) is 0 Å². The molecule has 1 fully saturated rings. The van der Waals surface area contributed by atoms with Crippen molar-refractivity contribution in [3.05, 3.63) is 33.9 Å². The number of methoxy groups -OCH3 is 1. The largest absolute Gasteiger partial charge is 0.469 e. The molecule has 1 heterocycles. The summed E-state index contributed by atoms with van der Waals surface area (Å²) in [6.07, 6.45) is 2.16. The monoisotopic (exact) mass is 377 g/mol. The summed E-state index contributed by atoms with van der Waals surface area (Å²) < 4.78 is 4.72. The summed E-state index contributed by atoms with van der Waals surface area (Å²) in [7, 11) is 1.35. The van der Waals surface area contributed by atoms with E-state index in [1.165, 1.54) is 7.11 Å². The Morgan fingerprint density at radius 2 is 2.00 bits per heavy atom. The van der Waals surface area contributed by atoms with Gasteiger partial charge in [-0.15, -0.1) is 0 Å². The Hall–Kier alpha value is -2.15. The van der Waals surface area contributed by atoms with Crippen molar-refractivity contribution in [2.75, 3.05) is 31.6 Å². The molecule has 1 atom stereocenters. The fourth-order valence-electron chi connectivity index (χ4n) is 3.64. The minimum atomic E-state index is -0.314. The topological polar surface area (TPSA) is 84.7 Å². The number of hydrogen-bond donors (Lipinski definition) is 1. The smallest absolute Gasteiger partial charge is 0.306 e. The molecule has 0 amide bonds. The van der Waals surface area contributed by atoms with Crippen LogP contribution in [0.25, 0.3) is 0 Å². The normalized spacial score (nSPS) is 16.2. The molecule has 1 N–H and O–H groups in total. The zero-order valence-electron chi connectivity index (χ0n) is 16.7. The van der Waals surface area contributed by atoms with Crippen molar-refractivity contribution >= 4 is 17.3 Å². The van der Waals surface area contributed by atoms with Gasteiger partial charge in [0.2, 0.25) is 0 Å². The van der Waals surface area contributed by atoms with Crippen LogP contribution in [0, 0.1) is 16.0 Å². The molecule has 0 aliphatic carbocycles. The number of piperidine rings is 1. The van der Waals surface area contributed by atoms with Crippen LogP contribution in [-0.4, -0.2) is 43.7 Å². The van der Waals surface area contributed by atoms with Gasteiger partial charge < -0.3 is 15.0 Å². The van der Waals surface area contributed by atoms with E-state index in [0.717, 1.165) is 38.0 Å². The third kappa shape index (κ3) is 5.66. The molecule has 1 aromatic carbocycles. The first-order chi connectivity index (χ1) is 12.8. The summed E-state index contributed by atoms with van der Waals surface area (Å²) in [6, 6.07) is 5.68. The van der Waals surface area contributed by atoms with Gasteiger partial charge in [0, 0.05) is 18.7 Å². The second kappa shape index (κ2) is 9.69. The molecule has 7 heteroatoms. The van der Waals surface area contributed by atoms with Gasteiger partial charge >= 0.3 is 5.97 Å². The Morgan fingerprint density at radius 1 is 1.33 bits per heavy atom. The van der Waals surface area contributed by atoms with E-state index in [1.54, 1.807) is 6.07 Å². The van der Waals surface area contributed by atoms with Crippen LogP contribution < -0.4 is 10.2 Å². The maximum Gasteiger partial charge on any atom is 0.306 e. The van der Waals surface area contributed by atoms with Crippen LogP contribution in [0.3, 0.4) is 0 Å². The number of carbonyl (C=O) groups is 1. The van der Waals surface area contributed by atoms with E-state index in [2.05, 4.69) is 24.1 Å². The highest BCUT2D eigenvalue weighted by Crippen LogP contribution is 2.35. The van der Waals surface area contributed by atoms with Crippen LogP contribution in [0.1, 0.15) is 51.5 Å². The van der Waals surface area contributed by atoms with Gasteiger partial charge in [0.05, 0.1) is 18.5 Å². The van der Waals surface area contributed by atoms with Crippen LogP contribution in [0.15, 0.2) is 18.2 Å². The van der Waals surface area contributed by atoms with Crippen molar-refractivity contribution in [1.29, 1.82) is 0 Å². The number of carbonyl (C=O) groups excluding carboxylic acids is 1. The molecule has 1 aromatic rings. The highest BCUT2D eigenvalue weighted by Gasteiger charge is 2.28. The van der Waals surface area contributed by atoms with E-state index in [9.17, 15) is 14.9 Å². The number of nitro benzene ring substituents is 1. The lowest BCUT2D eigenvalue weighted by atomic mass is 9.95. The molecular weight excluding hydrogens is 346 g/mol. The first kappa shape index (κ1) is 21.2. The Balaban J connectivity index is 2.37. The van der Waals surface area contributed by atoms with Gasteiger partial charge in [0.25, 0.3) is 5.69 Å².